The van der Waals surface area contributed by atoms with E-state index in [1.54, 1.807) is 37.4 Å². The van der Waals surface area contributed by atoms with Gasteiger partial charge in [-0.05, 0) is 48.4 Å². The first-order valence-corrected chi connectivity index (χ1v) is 6.31. The van der Waals surface area contributed by atoms with E-state index < -0.39 is 0 Å². The summed E-state index contributed by atoms with van der Waals surface area (Å²) < 4.78 is 5.12. The van der Waals surface area contributed by atoms with Crippen LogP contribution in [0.2, 0.25) is 0 Å². The molecule has 2 aromatic rings. The number of ether oxygens (including phenoxy) is 1. The van der Waals surface area contributed by atoms with Gasteiger partial charge in [-0.2, -0.15) is 0 Å². The zero-order valence-electron chi connectivity index (χ0n) is 11.5. The Hall–Kier alpha value is -2.49. The molecule has 0 spiro atoms. The van der Waals surface area contributed by atoms with E-state index in [0.717, 1.165) is 22.6 Å². The number of nitrogens with one attached hydrogen (secondary N) is 1. The number of methoxy groups -OCH3 is 1. The maximum Gasteiger partial charge on any atom is 0.228 e. The summed E-state index contributed by atoms with van der Waals surface area (Å²) in [6, 6.07) is 12.2. The summed E-state index contributed by atoms with van der Waals surface area (Å²) in [5, 5.41) is 12.2. The first-order valence-electron chi connectivity index (χ1n) is 6.31. The molecule has 0 unspecified atom stereocenters. The van der Waals surface area contributed by atoms with Gasteiger partial charge in [0.05, 0.1) is 13.5 Å². The van der Waals surface area contributed by atoms with Gasteiger partial charge in [0.1, 0.15) is 11.5 Å². The third-order valence-electron chi connectivity index (χ3n) is 2.98. The average molecular weight is 271 g/mol. The quantitative estimate of drug-likeness (QED) is 0.899. The number of benzene rings is 2. The van der Waals surface area contributed by atoms with Crippen molar-refractivity contribution in [3.8, 4) is 11.5 Å². The normalized spacial score (nSPS) is 10.1. The minimum atomic E-state index is -0.121. The highest BCUT2D eigenvalue weighted by atomic mass is 16.5. The zero-order chi connectivity index (χ0) is 14.5. The fourth-order valence-corrected chi connectivity index (χ4v) is 1.95. The van der Waals surface area contributed by atoms with Crippen LogP contribution in [0.25, 0.3) is 0 Å². The lowest BCUT2D eigenvalue weighted by Gasteiger charge is -2.10. The first-order chi connectivity index (χ1) is 9.58. The predicted molar refractivity (Wildman–Crippen MR) is 78.2 cm³/mol. The Labute approximate surface area is 118 Å². The lowest BCUT2D eigenvalue weighted by Crippen LogP contribution is -2.15. The van der Waals surface area contributed by atoms with Gasteiger partial charge in [0.2, 0.25) is 5.91 Å². The van der Waals surface area contributed by atoms with Gasteiger partial charge in [0.25, 0.3) is 0 Å². The summed E-state index contributed by atoms with van der Waals surface area (Å²) in [4.78, 5) is 12.0. The van der Waals surface area contributed by atoms with Crippen molar-refractivity contribution in [3.05, 3.63) is 53.6 Å². The number of hydrogen-bond acceptors (Lipinski definition) is 3. The van der Waals surface area contributed by atoms with E-state index in [9.17, 15) is 9.90 Å². The summed E-state index contributed by atoms with van der Waals surface area (Å²) in [6.45, 7) is 1.91. The van der Waals surface area contributed by atoms with Gasteiger partial charge < -0.3 is 15.2 Å². The molecule has 2 rings (SSSR count). The van der Waals surface area contributed by atoms with Gasteiger partial charge in [-0.25, -0.2) is 0 Å². The smallest absolute Gasteiger partial charge is 0.228 e. The Balaban J connectivity index is 2.05. The number of anilines is 1. The molecule has 104 valence electrons. The van der Waals surface area contributed by atoms with E-state index in [4.69, 9.17) is 4.74 Å². The number of amides is 1. The minimum absolute atomic E-state index is 0.121. The van der Waals surface area contributed by atoms with Crippen LogP contribution in [0.5, 0.6) is 11.5 Å². The molecule has 0 saturated heterocycles. The second-order valence-corrected chi connectivity index (χ2v) is 4.58. The Morgan fingerprint density at radius 2 is 2.05 bits per heavy atom. The molecule has 0 saturated carbocycles. The van der Waals surface area contributed by atoms with Crippen molar-refractivity contribution in [1.29, 1.82) is 0 Å². The molecule has 2 aromatic carbocycles. The number of rotatable bonds is 4. The van der Waals surface area contributed by atoms with Gasteiger partial charge in [-0.3, -0.25) is 4.79 Å². The Bertz CT molecular complexity index is 623. The predicted octanol–water partition coefficient (Wildman–Crippen LogP) is 2.89. The van der Waals surface area contributed by atoms with Crippen LogP contribution >= 0.6 is 0 Å². The number of aromatic hydroxyl groups is 1. The molecule has 0 bridgehead atoms. The number of carbonyl (C=O) groups excluding carboxylic acids is 1. The van der Waals surface area contributed by atoms with Crippen LogP contribution in [0.3, 0.4) is 0 Å². The molecule has 0 aromatic heterocycles. The number of aryl methyl sites for hydroxylation is 1. The highest BCUT2D eigenvalue weighted by molar-refractivity contribution is 5.93. The molecule has 0 fully saturated rings. The van der Waals surface area contributed by atoms with E-state index in [-0.39, 0.29) is 18.1 Å². The third-order valence-corrected chi connectivity index (χ3v) is 2.98. The lowest BCUT2D eigenvalue weighted by atomic mass is 10.1. The summed E-state index contributed by atoms with van der Waals surface area (Å²) in [5.41, 5.74) is 2.47. The van der Waals surface area contributed by atoms with Crippen LogP contribution in [0, 0.1) is 6.92 Å². The van der Waals surface area contributed by atoms with Crippen LogP contribution in [0.15, 0.2) is 42.5 Å². The zero-order valence-corrected chi connectivity index (χ0v) is 11.5. The van der Waals surface area contributed by atoms with Crippen LogP contribution in [0.4, 0.5) is 5.69 Å². The fraction of sp³-hybridized carbons (Fsp3) is 0.188. The summed E-state index contributed by atoms with van der Waals surface area (Å²) in [5.74, 6) is 0.799. The fourth-order valence-electron chi connectivity index (χ4n) is 1.95. The summed E-state index contributed by atoms with van der Waals surface area (Å²) in [6.07, 6.45) is 0.222. The highest BCUT2D eigenvalue weighted by Crippen LogP contribution is 2.21. The molecule has 20 heavy (non-hydrogen) atoms. The Kier molecular flexibility index (Phi) is 4.25. The van der Waals surface area contributed by atoms with Crippen molar-refractivity contribution >= 4 is 11.6 Å². The van der Waals surface area contributed by atoms with Crippen LogP contribution < -0.4 is 10.1 Å². The van der Waals surface area contributed by atoms with Crippen molar-refractivity contribution in [1.82, 2.24) is 0 Å². The Morgan fingerprint density at radius 3 is 2.70 bits per heavy atom. The first kappa shape index (κ1) is 13.9. The summed E-state index contributed by atoms with van der Waals surface area (Å²) in [7, 11) is 1.61. The minimum Gasteiger partial charge on any atom is -0.508 e. The van der Waals surface area contributed by atoms with Crippen LogP contribution in [0.1, 0.15) is 11.1 Å². The number of carbonyl (C=O) groups is 1. The van der Waals surface area contributed by atoms with Gasteiger partial charge in [0, 0.05) is 5.69 Å². The van der Waals surface area contributed by atoms with E-state index in [1.165, 1.54) is 0 Å². The maximum absolute atomic E-state index is 12.0. The second kappa shape index (κ2) is 6.10. The van der Waals surface area contributed by atoms with Crippen LogP contribution in [-0.4, -0.2) is 18.1 Å². The molecule has 0 aliphatic heterocycles. The lowest BCUT2D eigenvalue weighted by molar-refractivity contribution is -0.115. The van der Waals surface area contributed by atoms with Gasteiger partial charge >= 0.3 is 0 Å². The highest BCUT2D eigenvalue weighted by Gasteiger charge is 2.07. The van der Waals surface area contributed by atoms with E-state index in [2.05, 4.69) is 5.32 Å². The molecule has 0 aliphatic rings. The number of phenolic OH excluding ortho intramolecular Hbond substituents is 1. The number of hydrogen-bond donors (Lipinski definition) is 2. The molecule has 4 heteroatoms. The van der Waals surface area contributed by atoms with Crippen molar-refractivity contribution in [2.45, 2.75) is 13.3 Å². The molecule has 4 nitrogen and oxygen atoms in total. The molecule has 0 heterocycles. The van der Waals surface area contributed by atoms with Gasteiger partial charge in [-0.15, -0.1) is 0 Å². The molecular formula is C16H17NO3. The molecule has 0 aliphatic carbocycles. The molecular weight excluding hydrogens is 254 g/mol. The van der Waals surface area contributed by atoms with Crippen molar-refractivity contribution in [2.75, 3.05) is 12.4 Å². The molecule has 0 radical (unpaired) electrons. The van der Waals surface area contributed by atoms with E-state index >= 15 is 0 Å². The van der Waals surface area contributed by atoms with Gasteiger partial charge in [-0.1, -0.05) is 12.1 Å². The maximum atomic E-state index is 12.0. The van der Waals surface area contributed by atoms with Crippen molar-refractivity contribution < 1.29 is 14.6 Å². The van der Waals surface area contributed by atoms with Crippen LogP contribution in [-0.2, 0) is 11.2 Å². The summed E-state index contributed by atoms with van der Waals surface area (Å²) >= 11 is 0. The van der Waals surface area contributed by atoms with Crippen molar-refractivity contribution in [3.63, 3.8) is 0 Å². The van der Waals surface area contributed by atoms with Crippen molar-refractivity contribution in [2.24, 2.45) is 0 Å². The topological polar surface area (TPSA) is 58.6 Å². The number of phenols is 1. The van der Waals surface area contributed by atoms with E-state index in [0.29, 0.717) is 0 Å². The van der Waals surface area contributed by atoms with E-state index in [1.807, 2.05) is 19.1 Å². The monoisotopic (exact) mass is 271 g/mol. The van der Waals surface area contributed by atoms with Gasteiger partial charge in [0.15, 0.2) is 0 Å². The largest absolute Gasteiger partial charge is 0.508 e. The second-order valence-electron chi connectivity index (χ2n) is 4.58. The average Bonchev–Trinajstić information content (AvgIpc) is 2.41. The molecule has 0 atom stereocenters. The standard InChI is InChI=1S/C16H17NO3/c1-11-8-14(20-2)6-7-15(11)17-16(19)10-12-4-3-5-13(18)9-12/h3-9,18H,10H2,1-2H3,(H,17,19). The third kappa shape index (κ3) is 3.51. The molecule has 2 N–H and O–H groups in total. The Morgan fingerprint density at radius 1 is 1.25 bits per heavy atom. The molecule has 1 amide bonds. The SMILES string of the molecule is COc1ccc(NC(=O)Cc2cccc(O)c2)c(C)c1.